The number of hydrogen-bond acceptors (Lipinski definition) is 2. The van der Waals surface area contributed by atoms with E-state index in [4.69, 9.17) is 11.6 Å². The van der Waals surface area contributed by atoms with Crippen LogP contribution >= 0.6 is 11.6 Å². The molecule has 106 valence electrons. The van der Waals surface area contributed by atoms with Crippen molar-refractivity contribution in [2.45, 2.75) is 12.3 Å². The topological polar surface area (TPSA) is 23.6 Å². The van der Waals surface area contributed by atoms with E-state index < -0.39 is 0 Å². The maximum Gasteiger partial charge on any atom is 0.239 e. The van der Waals surface area contributed by atoms with Gasteiger partial charge in [0, 0.05) is 17.3 Å². The van der Waals surface area contributed by atoms with Crippen molar-refractivity contribution in [3.05, 3.63) is 47.2 Å². The summed E-state index contributed by atoms with van der Waals surface area (Å²) in [4.78, 5) is 16.5. The minimum atomic E-state index is -0.305. The Bertz CT molecular complexity index is 562. The van der Waals surface area contributed by atoms with Crippen LogP contribution in [0.2, 0.25) is 5.02 Å². The molecule has 0 saturated carbocycles. The average Bonchev–Trinajstić information content (AvgIpc) is 2.64. The van der Waals surface area contributed by atoms with Gasteiger partial charge in [0.1, 0.15) is 0 Å². The Morgan fingerprint density at radius 2 is 2.25 bits per heavy atom. The second kappa shape index (κ2) is 6.27. The fraction of sp³-hybridized carbons (Fsp3) is 0.375. The van der Waals surface area contributed by atoms with Gasteiger partial charge in [-0.1, -0.05) is 18.2 Å². The number of benzene rings is 1. The molecule has 0 fully saturated rings. The highest BCUT2D eigenvalue weighted by Crippen LogP contribution is 2.39. The second-order valence-electron chi connectivity index (χ2n) is 5.20. The summed E-state index contributed by atoms with van der Waals surface area (Å²) in [7, 11) is 4.06. The number of amides is 1. The van der Waals surface area contributed by atoms with Gasteiger partial charge in [-0.25, -0.2) is 0 Å². The molecule has 0 bridgehead atoms. The van der Waals surface area contributed by atoms with Gasteiger partial charge in [-0.15, -0.1) is 5.73 Å². The first kappa shape index (κ1) is 14.9. The lowest BCUT2D eigenvalue weighted by molar-refractivity contribution is -0.118. The van der Waals surface area contributed by atoms with Crippen molar-refractivity contribution in [3.63, 3.8) is 0 Å². The summed E-state index contributed by atoms with van der Waals surface area (Å²) in [5.74, 6) is -0.224. The highest BCUT2D eigenvalue weighted by atomic mass is 35.5. The molecule has 0 aromatic heterocycles. The number of carbonyl (C=O) groups is 1. The van der Waals surface area contributed by atoms with Crippen LogP contribution < -0.4 is 4.90 Å². The molecule has 1 unspecified atom stereocenters. The van der Waals surface area contributed by atoms with E-state index >= 15 is 0 Å². The highest BCUT2D eigenvalue weighted by Gasteiger charge is 2.35. The summed E-state index contributed by atoms with van der Waals surface area (Å²) in [6.07, 6.45) is 2.65. The molecule has 1 aliphatic heterocycles. The van der Waals surface area contributed by atoms with Crippen molar-refractivity contribution in [1.29, 1.82) is 0 Å². The molecule has 20 heavy (non-hydrogen) atoms. The molecule has 3 nitrogen and oxygen atoms in total. The van der Waals surface area contributed by atoms with Gasteiger partial charge in [-0.3, -0.25) is 4.79 Å². The fourth-order valence-electron chi connectivity index (χ4n) is 2.49. The van der Waals surface area contributed by atoms with Crippen LogP contribution in [-0.2, 0) is 4.79 Å². The third-order valence-corrected chi connectivity index (χ3v) is 3.65. The molecule has 2 rings (SSSR count). The number of anilines is 1. The number of rotatable bonds is 5. The Labute approximate surface area is 125 Å². The summed E-state index contributed by atoms with van der Waals surface area (Å²) in [6.45, 7) is 5.24. The average molecular weight is 291 g/mol. The lowest BCUT2D eigenvalue weighted by atomic mass is 10.0. The molecule has 0 aliphatic carbocycles. The zero-order valence-corrected chi connectivity index (χ0v) is 12.7. The number of halogens is 1. The van der Waals surface area contributed by atoms with Gasteiger partial charge in [0.2, 0.25) is 5.91 Å². The maximum atomic E-state index is 12.5. The Balaban J connectivity index is 2.26. The van der Waals surface area contributed by atoms with Crippen LogP contribution in [0.3, 0.4) is 0 Å². The quantitative estimate of drug-likeness (QED) is 0.778. The van der Waals surface area contributed by atoms with Crippen molar-refractivity contribution in [1.82, 2.24) is 4.90 Å². The molecule has 0 radical (unpaired) electrons. The predicted molar refractivity (Wildman–Crippen MR) is 83.4 cm³/mol. The zero-order chi connectivity index (χ0) is 14.7. The van der Waals surface area contributed by atoms with Gasteiger partial charge in [0.15, 0.2) is 0 Å². The largest absolute Gasteiger partial charge is 0.311 e. The summed E-state index contributed by atoms with van der Waals surface area (Å²) in [5, 5.41) is 0.647. The summed E-state index contributed by atoms with van der Waals surface area (Å²) in [6, 6.07) is 5.61. The van der Waals surface area contributed by atoms with Crippen LogP contribution in [-0.4, -0.2) is 38.0 Å². The highest BCUT2D eigenvalue weighted by molar-refractivity contribution is 6.31. The maximum absolute atomic E-state index is 12.5. The third-order valence-electron chi connectivity index (χ3n) is 3.42. The van der Waals surface area contributed by atoms with Crippen LogP contribution in [0.25, 0.3) is 0 Å². The summed E-state index contributed by atoms with van der Waals surface area (Å²) < 4.78 is 0. The van der Waals surface area contributed by atoms with Crippen molar-refractivity contribution in [2.75, 3.05) is 32.1 Å². The van der Waals surface area contributed by atoms with Crippen LogP contribution in [0.5, 0.6) is 0 Å². The van der Waals surface area contributed by atoms with Gasteiger partial charge < -0.3 is 9.80 Å². The SMILES string of the molecule is C=C=CC1C(=O)N(CCCN(C)C)c2ccc(Cl)cc21. The Morgan fingerprint density at radius 1 is 1.50 bits per heavy atom. The number of nitrogens with zero attached hydrogens (tertiary/aromatic N) is 2. The fourth-order valence-corrected chi connectivity index (χ4v) is 2.68. The van der Waals surface area contributed by atoms with Crippen molar-refractivity contribution in [3.8, 4) is 0 Å². The van der Waals surface area contributed by atoms with E-state index in [0.717, 1.165) is 24.2 Å². The molecule has 1 aliphatic rings. The van der Waals surface area contributed by atoms with Gasteiger partial charge in [0.05, 0.1) is 5.92 Å². The number of fused-ring (bicyclic) bond motifs is 1. The minimum absolute atomic E-state index is 0.0807. The first-order chi connectivity index (χ1) is 9.54. The third kappa shape index (κ3) is 2.96. The molecule has 1 heterocycles. The standard InChI is InChI=1S/C16H19ClN2O/c1-4-6-13-14-11-12(17)7-8-15(14)19(16(13)20)10-5-9-18(2)3/h6-8,11,13H,1,5,9-10H2,2-3H3. The Kier molecular flexibility index (Phi) is 4.66. The van der Waals surface area contributed by atoms with Crippen LogP contribution in [0.15, 0.2) is 36.6 Å². The number of carbonyl (C=O) groups excluding carboxylic acids is 1. The molecule has 4 heteroatoms. The molecule has 0 N–H and O–H groups in total. The first-order valence-electron chi connectivity index (χ1n) is 6.66. The van der Waals surface area contributed by atoms with E-state index in [1.165, 1.54) is 0 Å². The molecule has 1 aromatic rings. The van der Waals surface area contributed by atoms with Crippen molar-refractivity contribution >= 4 is 23.2 Å². The van der Waals surface area contributed by atoms with E-state index in [-0.39, 0.29) is 11.8 Å². The minimum Gasteiger partial charge on any atom is -0.311 e. The van der Waals surface area contributed by atoms with Crippen molar-refractivity contribution in [2.24, 2.45) is 0 Å². The van der Waals surface area contributed by atoms with E-state index in [0.29, 0.717) is 11.6 Å². The van der Waals surface area contributed by atoms with E-state index in [9.17, 15) is 4.79 Å². The van der Waals surface area contributed by atoms with Crippen molar-refractivity contribution < 1.29 is 4.79 Å². The van der Waals surface area contributed by atoms with Gasteiger partial charge in [0.25, 0.3) is 0 Å². The molecule has 1 aromatic carbocycles. The lowest BCUT2D eigenvalue weighted by Crippen LogP contribution is -2.31. The molecular weight excluding hydrogens is 272 g/mol. The van der Waals surface area contributed by atoms with Gasteiger partial charge >= 0.3 is 0 Å². The monoisotopic (exact) mass is 290 g/mol. The zero-order valence-electron chi connectivity index (χ0n) is 11.9. The molecule has 1 atom stereocenters. The molecule has 0 spiro atoms. The van der Waals surface area contributed by atoms with Crippen LogP contribution in [0.1, 0.15) is 17.9 Å². The van der Waals surface area contributed by atoms with Gasteiger partial charge in [-0.05, 0) is 56.9 Å². The first-order valence-corrected chi connectivity index (χ1v) is 7.04. The summed E-state index contributed by atoms with van der Waals surface area (Å²) >= 11 is 6.04. The van der Waals surface area contributed by atoms with E-state index in [1.807, 2.05) is 37.2 Å². The summed E-state index contributed by atoms with van der Waals surface area (Å²) in [5.41, 5.74) is 4.62. The predicted octanol–water partition coefficient (Wildman–Crippen LogP) is 3.06. The smallest absolute Gasteiger partial charge is 0.239 e. The molecule has 1 amide bonds. The molecule has 0 saturated heterocycles. The van der Waals surface area contributed by atoms with E-state index in [2.05, 4.69) is 17.2 Å². The normalized spacial score (nSPS) is 17.3. The molecular formula is C16H19ClN2O. The Hall–Kier alpha value is -1.54. The Morgan fingerprint density at radius 3 is 2.90 bits per heavy atom. The number of hydrogen-bond donors (Lipinski definition) is 0. The van der Waals surface area contributed by atoms with Crippen LogP contribution in [0.4, 0.5) is 5.69 Å². The van der Waals surface area contributed by atoms with Gasteiger partial charge in [-0.2, -0.15) is 0 Å². The van der Waals surface area contributed by atoms with Crippen LogP contribution in [0, 0.1) is 0 Å². The second-order valence-corrected chi connectivity index (χ2v) is 5.63. The van der Waals surface area contributed by atoms with E-state index in [1.54, 1.807) is 6.08 Å². The lowest BCUT2D eigenvalue weighted by Gasteiger charge is -2.19.